The van der Waals surface area contributed by atoms with Crippen LogP contribution in [0.4, 0.5) is 4.79 Å². The van der Waals surface area contributed by atoms with Gasteiger partial charge in [0.05, 0.1) is 6.54 Å². The lowest BCUT2D eigenvalue weighted by molar-refractivity contribution is -0.124. The van der Waals surface area contributed by atoms with Crippen molar-refractivity contribution in [3.8, 4) is 11.3 Å². The van der Waals surface area contributed by atoms with E-state index in [4.69, 9.17) is 21.8 Å². The lowest BCUT2D eigenvalue weighted by Crippen LogP contribution is -2.51. The van der Waals surface area contributed by atoms with Crippen molar-refractivity contribution in [2.75, 3.05) is 0 Å². The molecule has 4 N–H and O–H groups in total. The maximum Gasteiger partial charge on any atom is 0.312 e. The molecule has 0 unspecified atom stereocenters. The number of benzene rings is 1. The third-order valence-corrected chi connectivity index (χ3v) is 4.27. The van der Waals surface area contributed by atoms with Crippen molar-refractivity contribution in [2.45, 2.75) is 32.9 Å². The van der Waals surface area contributed by atoms with E-state index in [1.807, 2.05) is 32.0 Å². The number of hydrogen-bond acceptors (Lipinski definition) is 3. The Hall–Kier alpha value is -2.47. The third kappa shape index (κ3) is 5.26. The van der Waals surface area contributed by atoms with E-state index in [-0.39, 0.29) is 18.4 Å². The molecule has 1 aromatic carbocycles. The first kappa shape index (κ1) is 18.9. The Morgan fingerprint density at radius 3 is 2.48 bits per heavy atom. The summed E-state index contributed by atoms with van der Waals surface area (Å²) in [7, 11) is 0. The summed E-state index contributed by atoms with van der Waals surface area (Å²) in [6.45, 7) is 4.05. The summed E-state index contributed by atoms with van der Waals surface area (Å²) in [6.07, 6.45) is 0.736. The highest BCUT2D eigenvalue weighted by molar-refractivity contribution is 6.30. The zero-order valence-electron chi connectivity index (χ0n) is 14.2. The second-order valence-corrected chi connectivity index (χ2v) is 6.30. The number of hydrogen-bond donors (Lipinski definition) is 3. The molecule has 0 saturated heterocycles. The zero-order chi connectivity index (χ0) is 18.4. The average molecular weight is 364 g/mol. The van der Waals surface area contributed by atoms with Crippen molar-refractivity contribution in [3.63, 3.8) is 0 Å². The molecule has 0 fully saturated rings. The quantitative estimate of drug-likeness (QED) is 0.704. The Kier molecular flexibility index (Phi) is 6.47. The highest BCUT2D eigenvalue weighted by atomic mass is 35.5. The summed E-state index contributed by atoms with van der Waals surface area (Å²) in [6, 6.07) is 9.53. The van der Waals surface area contributed by atoms with Gasteiger partial charge in [0, 0.05) is 10.6 Å². The maximum atomic E-state index is 12.3. The fourth-order valence-electron chi connectivity index (χ4n) is 2.38. The van der Waals surface area contributed by atoms with Crippen molar-refractivity contribution < 1.29 is 14.0 Å². The van der Waals surface area contributed by atoms with E-state index in [0.717, 1.165) is 12.0 Å². The van der Waals surface area contributed by atoms with E-state index in [2.05, 4.69) is 10.6 Å². The Bertz CT molecular complexity index is 727. The van der Waals surface area contributed by atoms with Crippen LogP contribution in [0, 0.1) is 5.92 Å². The Morgan fingerprint density at radius 1 is 1.20 bits per heavy atom. The molecule has 0 aliphatic rings. The molecule has 0 aliphatic heterocycles. The summed E-state index contributed by atoms with van der Waals surface area (Å²) < 4.78 is 5.74. The zero-order valence-corrected chi connectivity index (χ0v) is 15.0. The topological polar surface area (TPSA) is 97.4 Å². The molecule has 134 valence electrons. The highest BCUT2D eigenvalue weighted by Gasteiger charge is 2.25. The second-order valence-electron chi connectivity index (χ2n) is 5.86. The van der Waals surface area contributed by atoms with Crippen LogP contribution < -0.4 is 16.4 Å². The largest absolute Gasteiger partial charge is 0.459 e. The van der Waals surface area contributed by atoms with Gasteiger partial charge in [-0.25, -0.2) is 4.79 Å². The molecule has 25 heavy (non-hydrogen) atoms. The molecule has 0 aliphatic carbocycles. The van der Waals surface area contributed by atoms with Crippen LogP contribution in [-0.4, -0.2) is 18.0 Å². The highest BCUT2D eigenvalue weighted by Crippen LogP contribution is 2.23. The van der Waals surface area contributed by atoms with Crippen molar-refractivity contribution in [1.82, 2.24) is 10.6 Å². The number of nitrogens with two attached hydrogens (primary N) is 1. The first-order chi connectivity index (χ1) is 11.9. The van der Waals surface area contributed by atoms with E-state index >= 15 is 0 Å². The van der Waals surface area contributed by atoms with Crippen LogP contribution in [0.1, 0.15) is 26.0 Å². The monoisotopic (exact) mass is 363 g/mol. The number of halogens is 1. The summed E-state index contributed by atoms with van der Waals surface area (Å²) >= 11 is 5.88. The fourth-order valence-corrected chi connectivity index (χ4v) is 2.51. The molecule has 2 rings (SSSR count). The number of primary amides is 1. The van der Waals surface area contributed by atoms with Crippen LogP contribution in [0.15, 0.2) is 40.8 Å². The van der Waals surface area contributed by atoms with Gasteiger partial charge < -0.3 is 20.8 Å². The molecular weight excluding hydrogens is 342 g/mol. The van der Waals surface area contributed by atoms with Gasteiger partial charge >= 0.3 is 6.03 Å². The van der Waals surface area contributed by atoms with Gasteiger partial charge in [-0.1, -0.05) is 31.9 Å². The van der Waals surface area contributed by atoms with Crippen LogP contribution in [0.3, 0.4) is 0 Å². The van der Waals surface area contributed by atoms with Gasteiger partial charge in [-0.2, -0.15) is 0 Å². The Labute approximate surface area is 151 Å². The Balaban J connectivity index is 1.99. The number of amides is 3. The second kappa shape index (κ2) is 8.58. The molecule has 2 aromatic rings. The minimum atomic E-state index is -0.719. The van der Waals surface area contributed by atoms with E-state index in [1.165, 1.54) is 0 Å². The van der Waals surface area contributed by atoms with Gasteiger partial charge in [0.1, 0.15) is 17.6 Å². The van der Waals surface area contributed by atoms with Crippen molar-refractivity contribution in [2.24, 2.45) is 11.7 Å². The van der Waals surface area contributed by atoms with Crippen molar-refractivity contribution in [1.29, 1.82) is 0 Å². The minimum Gasteiger partial charge on any atom is -0.459 e. The molecule has 6 nitrogen and oxygen atoms in total. The number of carbonyl (C=O) groups excluding carboxylic acids is 2. The summed E-state index contributed by atoms with van der Waals surface area (Å²) in [5.74, 6) is 0.973. The summed E-state index contributed by atoms with van der Waals surface area (Å²) in [5.41, 5.74) is 6.05. The van der Waals surface area contributed by atoms with Crippen LogP contribution in [-0.2, 0) is 11.3 Å². The van der Waals surface area contributed by atoms with Crippen molar-refractivity contribution >= 4 is 23.5 Å². The van der Waals surface area contributed by atoms with Gasteiger partial charge in [0.2, 0.25) is 5.91 Å². The van der Waals surface area contributed by atoms with Crippen LogP contribution in [0.2, 0.25) is 5.02 Å². The average Bonchev–Trinajstić information content (AvgIpc) is 3.06. The summed E-state index contributed by atoms with van der Waals surface area (Å²) in [4.78, 5) is 23.4. The van der Waals surface area contributed by atoms with E-state index in [1.54, 1.807) is 18.2 Å². The first-order valence-electron chi connectivity index (χ1n) is 8.09. The van der Waals surface area contributed by atoms with Gasteiger partial charge in [0.25, 0.3) is 0 Å². The van der Waals surface area contributed by atoms with Gasteiger partial charge in [0.15, 0.2) is 0 Å². The number of urea groups is 1. The van der Waals surface area contributed by atoms with Gasteiger partial charge in [-0.3, -0.25) is 4.79 Å². The molecule has 0 bridgehead atoms. The molecular formula is C18H22ClN3O3. The van der Waals surface area contributed by atoms with Gasteiger partial charge in [-0.05, 0) is 42.3 Å². The minimum absolute atomic E-state index is 0.0336. The molecule has 0 radical (unpaired) electrons. The molecule has 3 amide bonds. The number of furan rings is 1. The van der Waals surface area contributed by atoms with Gasteiger partial charge in [-0.15, -0.1) is 0 Å². The number of rotatable bonds is 7. The predicted octanol–water partition coefficient (Wildman–Crippen LogP) is 3.30. The van der Waals surface area contributed by atoms with Crippen LogP contribution in [0.25, 0.3) is 11.3 Å². The summed E-state index contributed by atoms with van der Waals surface area (Å²) in [5, 5.41) is 5.91. The normalized spacial score (nSPS) is 13.1. The molecule has 2 atom stereocenters. The SMILES string of the molecule is CC[C@H](C)[C@H](NC(N)=O)C(=O)NCc1ccc(-c2ccc(Cl)cc2)o1. The smallest absolute Gasteiger partial charge is 0.312 e. The lowest BCUT2D eigenvalue weighted by Gasteiger charge is -2.22. The third-order valence-electron chi connectivity index (χ3n) is 4.02. The number of nitrogens with one attached hydrogen (secondary N) is 2. The van der Waals surface area contributed by atoms with E-state index in [9.17, 15) is 9.59 Å². The predicted molar refractivity (Wildman–Crippen MR) is 97.0 cm³/mol. The standard InChI is InChI=1S/C18H22ClN3O3/c1-3-11(2)16(22-18(20)24)17(23)21-10-14-8-9-15(25-14)12-4-6-13(19)7-5-12/h4-9,11,16H,3,10H2,1-2H3,(H,21,23)(H3,20,22,24)/t11-,16-/m0/s1. The first-order valence-corrected chi connectivity index (χ1v) is 8.46. The van der Waals surface area contributed by atoms with Crippen LogP contribution in [0.5, 0.6) is 0 Å². The molecule has 0 saturated carbocycles. The molecule has 7 heteroatoms. The van der Waals surface area contributed by atoms with E-state index in [0.29, 0.717) is 16.5 Å². The lowest BCUT2D eigenvalue weighted by atomic mass is 9.98. The Morgan fingerprint density at radius 2 is 1.88 bits per heavy atom. The van der Waals surface area contributed by atoms with E-state index < -0.39 is 12.1 Å². The van der Waals surface area contributed by atoms with Crippen LogP contribution >= 0.6 is 11.6 Å². The fraction of sp³-hybridized carbons (Fsp3) is 0.333. The molecule has 1 aromatic heterocycles. The number of carbonyl (C=O) groups is 2. The molecule has 0 spiro atoms. The maximum absolute atomic E-state index is 12.3. The molecule has 1 heterocycles. The van der Waals surface area contributed by atoms with Crippen molar-refractivity contribution in [3.05, 3.63) is 47.2 Å².